The molecular formula is C13H22N2O2S. The third-order valence-corrected chi connectivity index (χ3v) is 5.60. The van der Waals surface area contributed by atoms with E-state index in [2.05, 4.69) is 0 Å². The van der Waals surface area contributed by atoms with Gasteiger partial charge in [0.1, 0.15) is 0 Å². The second kappa shape index (κ2) is 5.45. The van der Waals surface area contributed by atoms with Gasteiger partial charge in [-0.3, -0.25) is 0 Å². The fraction of sp³-hybridized carbons (Fsp3) is 0.692. The van der Waals surface area contributed by atoms with E-state index >= 15 is 0 Å². The number of hydrogen-bond donors (Lipinski definition) is 0. The topological polar surface area (TPSA) is 42.3 Å². The molecule has 1 atom stereocenters. The lowest BCUT2D eigenvalue weighted by Gasteiger charge is -2.24. The van der Waals surface area contributed by atoms with Gasteiger partial charge in [0.05, 0.1) is 11.8 Å². The summed E-state index contributed by atoms with van der Waals surface area (Å²) in [6, 6.07) is 4.04. The molecule has 0 N–H and O–H groups in total. The van der Waals surface area contributed by atoms with Gasteiger partial charge in [-0.1, -0.05) is 13.3 Å². The van der Waals surface area contributed by atoms with Gasteiger partial charge < -0.3 is 4.57 Å². The van der Waals surface area contributed by atoms with Gasteiger partial charge in [0.15, 0.2) is 0 Å². The molecule has 102 valence electrons. The first kappa shape index (κ1) is 13.6. The summed E-state index contributed by atoms with van der Waals surface area (Å²) in [6.07, 6.45) is 5.54. The van der Waals surface area contributed by atoms with Crippen molar-refractivity contribution in [1.29, 1.82) is 0 Å². The predicted molar refractivity (Wildman–Crippen MR) is 72.8 cm³/mol. The molecule has 0 aromatic carbocycles. The third kappa shape index (κ3) is 2.62. The van der Waals surface area contributed by atoms with E-state index < -0.39 is 10.0 Å². The number of aryl methyl sites for hydroxylation is 1. The van der Waals surface area contributed by atoms with Crippen LogP contribution in [0.15, 0.2) is 18.3 Å². The van der Waals surface area contributed by atoms with Gasteiger partial charge in [0.25, 0.3) is 0 Å². The summed E-state index contributed by atoms with van der Waals surface area (Å²) in [4.78, 5) is 0. The molecule has 1 saturated heterocycles. The molecule has 0 unspecified atom stereocenters. The summed E-state index contributed by atoms with van der Waals surface area (Å²) in [7, 11) is -1.12. The molecule has 5 heteroatoms. The van der Waals surface area contributed by atoms with Crippen LogP contribution in [0.25, 0.3) is 0 Å². The summed E-state index contributed by atoms with van der Waals surface area (Å²) < 4.78 is 28.4. The maximum atomic E-state index is 12.3. The lowest BCUT2D eigenvalue weighted by Crippen LogP contribution is -2.33. The third-order valence-electron chi connectivity index (χ3n) is 3.64. The molecule has 1 aliphatic heterocycles. The Balaban J connectivity index is 2.20. The van der Waals surface area contributed by atoms with E-state index in [0.717, 1.165) is 31.4 Å². The molecule has 0 bridgehead atoms. The van der Waals surface area contributed by atoms with E-state index in [9.17, 15) is 8.42 Å². The highest BCUT2D eigenvalue weighted by molar-refractivity contribution is 7.89. The van der Waals surface area contributed by atoms with Crippen LogP contribution < -0.4 is 0 Å². The standard InChI is InChI=1S/C13H22N2O2S/c1-3-4-11-18(16,17)15-10-6-8-13(15)12-7-5-9-14(12)2/h5,7,9,13H,3-4,6,8,10-11H2,1-2H3/t13-/m1/s1. The van der Waals surface area contributed by atoms with Crippen LogP contribution in [0, 0.1) is 0 Å². The second-order valence-electron chi connectivity index (χ2n) is 4.98. The Labute approximate surface area is 110 Å². The molecule has 0 spiro atoms. The van der Waals surface area contributed by atoms with Crippen LogP contribution in [0.5, 0.6) is 0 Å². The molecule has 1 aromatic heterocycles. The van der Waals surface area contributed by atoms with Crippen molar-refractivity contribution in [2.45, 2.75) is 38.6 Å². The lowest BCUT2D eigenvalue weighted by atomic mass is 10.1. The van der Waals surface area contributed by atoms with Crippen molar-refractivity contribution < 1.29 is 8.42 Å². The summed E-state index contributed by atoms with van der Waals surface area (Å²) >= 11 is 0. The van der Waals surface area contributed by atoms with E-state index in [1.165, 1.54) is 0 Å². The number of rotatable bonds is 5. The van der Waals surface area contributed by atoms with Gasteiger partial charge in [-0.25, -0.2) is 8.42 Å². The molecule has 0 radical (unpaired) electrons. The summed E-state index contributed by atoms with van der Waals surface area (Å²) in [5, 5.41) is 0. The number of hydrogen-bond acceptors (Lipinski definition) is 2. The highest BCUT2D eigenvalue weighted by atomic mass is 32.2. The van der Waals surface area contributed by atoms with Gasteiger partial charge in [-0.05, 0) is 31.4 Å². The maximum Gasteiger partial charge on any atom is 0.214 e. The average Bonchev–Trinajstić information content (AvgIpc) is 2.94. The molecule has 4 nitrogen and oxygen atoms in total. The minimum Gasteiger partial charge on any atom is -0.353 e. The Hall–Kier alpha value is -0.810. The molecule has 2 rings (SSSR count). The normalized spacial score (nSPS) is 21.6. The summed E-state index contributed by atoms with van der Waals surface area (Å²) in [6.45, 7) is 2.69. The number of nitrogens with zero attached hydrogens (tertiary/aromatic N) is 2. The quantitative estimate of drug-likeness (QED) is 0.824. The van der Waals surface area contributed by atoms with Gasteiger partial charge in [-0.2, -0.15) is 4.31 Å². The smallest absolute Gasteiger partial charge is 0.214 e. The predicted octanol–water partition coefficient (Wildman–Crippen LogP) is 2.29. The van der Waals surface area contributed by atoms with Crippen LogP contribution in [0.1, 0.15) is 44.3 Å². The van der Waals surface area contributed by atoms with Crippen molar-refractivity contribution in [1.82, 2.24) is 8.87 Å². The molecular weight excluding hydrogens is 248 g/mol. The van der Waals surface area contributed by atoms with Crippen molar-refractivity contribution in [2.24, 2.45) is 7.05 Å². The molecule has 18 heavy (non-hydrogen) atoms. The van der Waals surface area contributed by atoms with Crippen molar-refractivity contribution in [2.75, 3.05) is 12.3 Å². The first-order valence-corrected chi connectivity index (χ1v) is 8.28. The molecule has 1 fully saturated rings. The average molecular weight is 270 g/mol. The fourth-order valence-corrected chi connectivity index (χ4v) is 4.53. The van der Waals surface area contributed by atoms with Gasteiger partial charge in [-0.15, -0.1) is 0 Å². The summed E-state index contributed by atoms with van der Waals surface area (Å²) in [5.41, 5.74) is 1.10. The first-order chi connectivity index (χ1) is 8.56. The van der Waals surface area contributed by atoms with E-state index in [1.807, 2.05) is 36.9 Å². The molecule has 0 saturated carbocycles. The first-order valence-electron chi connectivity index (χ1n) is 6.67. The number of unbranched alkanes of at least 4 members (excludes halogenated alkanes) is 1. The highest BCUT2D eigenvalue weighted by Crippen LogP contribution is 2.34. The minimum absolute atomic E-state index is 0.0341. The van der Waals surface area contributed by atoms with E-state index in [-0.39, 0.29) is 11.8 Å². The zero-order valence-electron chi connectivity index (χ0n) is 11.2. The Bertz CT molecular complexity index is 493. The van der Waals surface area contributed by atoms with Crippen molar-refractivity contribution in [3.05, 3.63) is 24.0 Å². The van der Waals surface area contributed by atoms with Crippen LogP contribution in [-0.2, 0) is 17.1 Å². The largest absolute Gasteiger partial charge is 0.353 e. The Morgan fingerprint density at radius 3 is 2.83 bits per heavy atom. The van der Waals surface area contributed by atoms with Gasteiger partial charge >= 0.3 is 0 Å². The van der Waals surface area contributed by atoms with E-state index in [4.69, 9.17) is 0 Å². The second-order valence-corrected chi connectivity index (χ2v) is 7.02. The van der Waals surface area contributed by atoms with E-state index in [1.54, 1.807) is 4.31 Å². The van der Waals surface area contributed by atoms with Crippen molar-refractivity contribution in [3.63, 3.8) is 0 Å². The Morgan fingerprint density at radius 2 is 2.22 bits per heavy atom. The monoisotopic (exact) mass is 270 g/mol. The van der Waals surface area contributed by atoms with Gasteiger partial charge in [0.2, 0.25) is 10.0 Å². The molecule has 0 aliphatic carbocycles. The van der Waals surface area contributed by atoms with Crippen molar-refractivity contribution >= 4 is 10.0 Å². The fourth-order valence-electron chi connectivity index (χ4n) is 2.63. The van der Waals surface area contributed by atoms with Gasteiger partial charge in [0, 0.05) is 25.5 Å². The zero-order chi connectivity index (χ0) is 13.2. The summed E-state index contributed by atoms with van der Waals surface area (Å²) in [5.74, 6) is 0.282. The minimum atomic E-state index is -3.09. The van der Waals surface area contributed by atoms with Crippen LogP contribution in [-0.4, -0.2) is 29.6 Å². The maximum absolute atomic E-state index is 12.3. The molecule has 0 amide bonds. The SMILES string of the molecule is CCCCS(=O)(=O)N1CCC[C@@H]1c1cccn1C. The molecule has 1 aliphatic rings. The Kier molecular flexibility index (Phi) is 4.12. The van der Waals surface area contributed by atoms with Crippen LogP contribution >= 0.6 is 0 Å². The number of aromatic nitrogens is 1. The van der Waals surface area contributed by atoms with E-state index in [0.29, 0.717) is 6.54 Å². The van der Waals surface area contributed by atoms with Crippen molar-refractivity contribution in [3.8, 4) is 0 Å². The zero-order valence-corrected chi connectivity index (χ0v) is 12.0. The Morgan fingerprint density at radius 1 is 1.44 bits per heavy atom. The lowest BCUT2D eigenvalue weighted by molar-refractivity contribution is 0.383. The number of sulfonamides is 1. The molecule has 2 heterocycles. The van der Waals surface area contributed by atoms with Crippen LogP contribution in [0.4, 0.5) is 0 Å². The van der Waals surface area contributed by atoms with Crippen LogP contribution in [0.2, 0.25) is 0 Å². The highest BCUT2D eigenvalue weighted by Gasteiger charge is 2.35. The van der Waals surface area contributed by atoms with Crippen LogP contribution in [0.3, 0.4) is 0 Å². The molecule has 1 aromatic rings.